The Morgan fingerprint density at radius 2 is 2.05 bits per heavy atom. The molecule has 1 aromatic carbocycles. The van der Waals surface area contributed by atoms with Gasteiger partial charge in [0.25, 0.3) is 0 Å². The van der Waals surface area contributed by atoms with Crippen molar-refractivity contribution in [2.75, 3.05) is 20.1 Å². The summed E-state index contributed by atoms with van der Waals surface area (Å²) in [6.07, 6.45) is -4.40. The molecule has 3 nitrogen and oxygen atoms in total. The van der Waals surface area contributed by atoms with E-state index in [4.69, 9.17) is 5.11 Å². The predicted octanol–water partition coefficient (Wildman–Crippen LogP) is 2.44. The summed E-state index contributed by atoms with van der Waals surface area (Å²) in [4.78, 5) is 13.0. The van der Waals surface area contributed by atoms with E-state index < -0.39 is 29.5 Å². The number of carboxylic acid groups (broad SMARTS) is 1. The molecular formula is C13H14F3NO2. The molecule has 0 radical (unpaired) electrons. The van der Waals surface area contributed by atoms with E-state index in [-0.39, 0.29) is 0 Å². The topological polar surface area (TPSA) is 40.5 Å². The Morgan fingerprint density at radius 3 is 2.63 bits per heavy atom. The number of carboxylic acids is 1. The lowest BCUT2D eigenvalue weighted by atomic mass is 9.88. The van der Waals surface area contributed by atoms with E-state index in [1.165, 1.54) is 6.07 Å². The first-order valence-corrected chi connectivity index (χ1v) is 5.87. The summed E-state index contributed by atoms with van der Waals surface area (Å²) in [6, 6.07) is 4.95. The SMILES string of the molecule is CN1CC(C(=O)O)C(c2cccc(C(F)(F)F)c2)C1. The molecule has 0 spiro atoms. The van der Waals surface area contributed by atoms with Crippen molar-refractivity contribution >= 4 is 5.97 Å². The van der Waals surface area contributed by atoms with Crippen LogP contribution in [0.15, 0.2) is 24.3 Å². The lowest BCUT2D eigenvalue weighted by Gasteiger charge is -2.16. The van der Waals surface area contributed by atoms with Gasteiger partial charge in [0.2, 0.25) is 0 Å². The smallest absolute Gasteiger partial charge is 0.416 e. The Kier molecular flexibility index (Phi) is 3.54. The van der Waals surface area contributed by atoms with Gasteiger partial charge in [-0.3, -0.25) is 4.79 Å². The first kappa shape index (κ1) is 13.9. The third-order valence-electron chi connectivity index (χ3n) is 3.46. The highest BCUT2D eigenvalue weighted by atomic mass is 19.4. The van der Waals surface area contributed by atoms with Crippen LogP contribution >= 0.6 is 0 Å². The first-order chi connectivity index (χ1) is 8.79. The van der Waals surface area contributed by atoms with Crippen molar-refractivity contribution in [3.63, 3.8) is 0 Å². The van der Waals surface area contributed by atoms with Gasteiger partial charge in [-0.05, 0) is 18.7 Å². The van der Waals surface area contributed by atoms with Crippen molar-refractivity contribution in [3.05, 3.63) is 35.4 Å². The number of aliphatic carboxylic acids is 1. The number of benzene rings is 1. The molecule has 2 atom stereocenters. The molecule has 2 unspecified atom stereocenters. The molecule has 0 amide bonds. The van der Waals surface area contributed by atoms with Crippen molar-refractivity contribution in [1.29, 1.82) is 0 Å². The number of alkyl halides is 3. The Labute approximate surface area is 108 Å². The minimum atomic E-state index is -4.40. The standard InChI is InChI=1S/C13H14F3NO2/c1-17-6-10(11(7-17)12(18)19)8-3-2-4-9(5-8)13(14,15)16/h2-5,10-11H,6-7H2,1H3,(H,18,19). The van der Waals surface area contributed by atoms with Crippen molar-refractivity contribution in [2.45, 2.75) is 12.1 Å². The van der Waals surface area contributed by atoms with Crippen LogP contribution in [0.2, 0.25) is 0 Å². The molecule has 0 aromatic heterocycles. The van der Waals surface area contributed by atoms with E-state index in [2.05, 4.69) is 0 Å². The maximum absolute atomic E-state index is 12.7. The molecule has 2 rings (SSSR count). The molecule has 19 heavy (non-hydrogen) atoms. The average Bonchev–Trinajstić information content (AvgIpc) is 2.71. The number of halogens is 3. The molecule has 6 heteroatoms. The molecule has 0 aliphatic carbocycles. The summed E-state index contributed by atoms with van der Waals surface area (Å²) in [5.41, 5.74) is -0.296. The Bertz CT molecular complexity index is 487. The average molecular weight is 273 g/mol. The number of likely N-dealkylation sites (tertiary alicyclic amines) is 1. The van der Waals surface area contributed by atoms with Gasteiger partial charge in [-0.15, -0.1) is 0 Å². The van der Waals surface area contributed by atoms with Crippen LogP contribution < -0.4 is 0 Å². The van der Waals surface area contributed by atoms with Gasteiger partial charge in [0.05, 0.1) is 11.5 Å². The Balaban J connectivity index is 2.33. The fraction of sp³-hybridized carbons (Fsp3) is 0.462. The van der Waals surface area contributed by atoms with Crippen LogP contribution in [0, 0.1) is 5.92 Å². The van der Waals surface area contributed by atoms with Crippen LogP contribution in [0.5, 0.6) is 0 Å². The van der Waals surface area contributed by atoms with Gasteiger partial charge in [-0.2, -0.15) is 13.2 Å². The van der Waals surface area contributed by atoms with Crippen molar-refractivity contribution in [3.8, 4) is 0 Å². The van der Waals surface area contributed by atoms with E-state index in [1.54, 1.807) is 13.1 Å². The lowest BCUT2D eigenvalue weighted by molar-refractivity contribution is -0.141. The zero-order valence-electron chi connectivity index (χ0n) is 10.3. The van der Waals surface area contributed by atoms with Crippen LogP contribution in [-0.4, -0.2) is 36.1 Å². The molecule has 104 valence electrons. The normalized spacial score (nSPS) is 24.6. The summed E-state index contributed by atoms with van der Waals surface area (Å²) in [5, 5.41) is 9.14. The third-order valence-corrected chi connectivity index (χ3v) is 3.46. The van der Waals surface area contributed by atoms with Crippen LogP contribution in [0.4, 0.5) is 13.2 Å². The van der Waals surface area contributed by atoms with E-state index >= 15 is 0 Å². The maximum atomic E-state index is 12.7. The van der Waals surface area contributed by atoms with Gasteiger partial charge in [0, 0.05) is 19.0 Å². The van der Waals surface area contributed by atoms with E-state index in [0.717, 1.165) is 12.1 Å². The molecule has 1 fully saturated rings. The summed E-state index contributed by atoms with van der Waals surface area (Å²) in [7, 11) is 1.77. The second-order valence-electron chi connectivity index (χ2n) is 4.90. The first-order valence-electron chi connectivity index (χ1n) is 5.87. The van der Waals surface area contributed by atoms with E-state index in [9.17, 15) is 18.0 Å². The fourth-order valence-electron chi connectivity index (χ4n) is 2.53. The van der Waals surface area contributed by atoms with Crippen LogP contribution in [-0.2, 0) is 11.0 Å². The maximum Gasteiger partial charge on any atom is 0.416 e. The highest BCUT2D eigenvalue weighted by molar-refractivity contribution is 5.72. The summed E-state index contributed by atoms with van der Waals surface area (Å²) in [5.74, 6) is -2.02. The Morgan fingerprint density at radius 1 is 1.37 bits per heavy atom. The van der Waals surface area contributed by atoms with Gasteiger partial charge in [-0.25, -0.2) is 0 Å². The van der Waals surface area contributed by atoms with E-state index in [1.807, 2.05) is 4.90 Å². The monoisotopic (exact) mass is 273 g/mol. The minimum Gasteiger partial charge on any atom is -0.481 e. The van der Waals surface area contributed by atoms with Gasteiger partial charge < -0.3 is 10.0 Å². The number of carbonyl (C=O) groups is 1. The second-order valence-corrected chi connectivity index (χ2v) is 4.90. The molecule has 1 saturated heterocycles. The van der Waals surface area contributed by atoms with Gasteiger partial charge in [0.1, 0.15) is 0 Å². The highest BCUT2D eigenvalue weighted by Gasteiger charge is 2.38. The highest BCUT2D eigenvalue weighted by Crippen LogP contribution is 2.36. The van der Waals surface area contributed by atoms with Crippen molar-refractivity contribution in [2.24, 2.45) is 5.92 Å². The van der Waals surface area contributed by atoms with Crippen molar-refractivity contribution < 1.29 is 23.1 Å². The lowest BCUT2D eigenvalue weighted by Crippen LogP contribution is -2.21. The molecule has 1 aromatic rings. The molecular weight excluding hydrogens is 259 g/mol. The molecule has 1 N–H and O–H groups in total. The van der Waals surface area contributed by atoms with Crippen LogP contribution in [0.25, 0.3) is 0 Å². The number of rotatable bonds is 2. The second kappa shape index (κ2) is 4.85. The van der Waals surface area contributed by atoms with E-state index in [0.29, 0.717) is 18.7 Å². The Hall–Kier alpha value is -1.56. The molecule has 0 saturated carbocycles. The number of hydrogen-bond donors (Lipinski definition) is 1. The molecule has 1 aliphatic heterocycles. The number of nitrogens with zero attached hydrogens (tertiary/aromatic N) is 1. The predicted molar refractivity (Wildman–Crippen MR) is 62.8 cm³/mol. The van der Waals surface area contributed by atoms with Crippen LogP contribution in [0.1, 0.15) is 17.0 Å². The molecule has 1 aliphatic rings. The van der Waals surface area contributed by atoms with Gasteiger partial charge >= 0.3 is 12.1 Å². The molecule has 1 heterocycles. The quantitative estimate of drug-likeness (QED) is 0.899. The fourth-order valence-corrected chi connectivity index (χ4v) is 2.53. The summed E-state index contributed by atoms with van der Waals surface area (Å²) < 4.78 is 38.0. The van der Waals surface area contributed by atoms with Crippen molar-refractivity contribution in [1.82, 2.24) is 4.90 Å². The van der Waals surface area contributed by atoms with Gasteiger partial charge in [-0.1, -0.05) is 18.2 Å². The summed E-state index contributed by atoms with van der Waals surface area (Å²) >= 11 is 0. The van der Waals surface area contributed by atoms with Crippen LogP contribution in [0.3, 0.4) is 0 Å². The molecule has 0 bridgehead atoms. The largest absolute Gasteiger partial charge is 0.481 e. The minimum absolute atomic E-state index is 0.357. The zero-order valence-corrected chi connectivity index (χ0v) is 10.3. The zero-order chi connectivity index (χ0) is 14.2. The van der Waals surface area contributed by atoms with Gasteiger partial charge in [0.15, 0.2) is 0 Å². The third kappa shape index (κ3) is 2.89. The summed E-state index contributed by atoms with van der Waals surface area (Å²) in [6.45, 7) is 0.814. The number of likely N-dealkylation sites (N-methyl/N-ethyl adjacent to an activating group) is 1. The number of hydrogen-bond acceptors (Lipinski definition) is 2.